The molecule has 0 spiro atoms. The predicted molar refractivity (Wildman–Crippen MR) is 143 cm³/mol. The van der Waals surface area contributed by atoms with E-state index in [0.717, 1.165) is 38.2 Å². The zero-order valence-corrected chi connectivity index (χ0v) is 22.1. The van der Waals surface area contributed by atoms with Gasteiger partial charge in [0.05, 0.1) is 16.4 Å². The molecular weight excluding hydrogens is 507 g/mol. The van der Waals surface area contributed by atoms with Crippen molar-refractivity contribution in [3.63, 3.8) is 0 Å². The van der Waals surface area contributed by atoms with Gasteiger partial charge in [-0.2, -0.15) is 5.10 Å². The molecule has 0 bridgehead atoms. The maximum Gasteiger partial charge on any atom is 0.168 e. The first kappa shape index (κ1) is 23.8. The van der Waals surface area contributed by atoms with Crippen molar-refractivity contribution in [1.82, 2.24) is 20.0 Å². The Morgan fingerprint density at radius 2 is 1.65 bits per heavy atom. The topological polar surface area (TPSA) is 43.6 Å². The van der Waals surface area contributed by atoms with Crippen LogP contribution in [0.25, 0.3) is 27.6 Å². The summed E-state index contributed by atoms with van der Waals surface area (Å²) in [5.74, 6) is 1.10. The van der Waals surface area contributed by atoms with Crippen molar-refractivity contribution in [2.24, 2.45) is 5.92 Å². The average Bonchev–Trinajstić information content (AvgIpc) is 3.45. The Morgan fingerprint density at radius 1 is 0.941 bits per heavy atom. The minimum Gasteiger partial charge on any atom is -0.231 e. The normalized spacial score (nSPS) is 15.6. The van der Waals surface area contributed by atoms with Crippen molar-refractivity contribution in [2.45, 2.75) is 51.9 Å². The van der Waals surface area contributed by atoms with E-state index in [2.05, 4.69) is 24.0 Å². The lowest BCUT2D eigenvalue weighted by molar-refractivity contribution is 0.315. The van der Waals surface area contributed by atoms with E-state index in [-0.39, 0.29) is 0 Å². The van der Waals surface area contributed by atoms with E-state index in [1.807, 2.05) is 41.1 Å². The summed E-state index contributed by atoms with van der Waals surface area (Å²) in [6, 6.07) is 13.2. The molecule has 1 saturated carbocycles. The van der Waals surface area contributed by atoms with Crippen molar-refractivity contribution >= 4 is 46.1 Å². The third-order valence-corrected chi connectivity index (χ3v) is 8.69. The number of benzene rings is 2. The molecule has 5 rings (SSSR count). The van der Waals surface area contributed by atoms with E-state index in [4.69, 9.17) is 39.9 Å². The van der Waals surface area contributed by atoms with Gasteiger partial charge in [0.15, 0.2) is 5.01 Å². The predicted octanol–water partition coefficient (Wildman–Crippen LogP) is 9.01. The number of hydrogen-bond acceptors (Lipinski definition) is 4. The molecule has 1 aliphatic rings. The van der Waals surface area contributed by atoms with E-state index >= 15 is 0 Å². The van der Waals surface area contributed by atoms with Gasteiger partial charge < -0.3 is 0 Å². The van der Waals surface area contributed by atoms with Crippen molar-refractivity contribution in [3.05, 3.63) is 68.1 Å². The van der Waals surface area contributed by atoms with Gasteiger partial charge in [0.25, 0.3) is 0 Å². The van der Waals surface area contributed by atoms with Crippen molar-refractivity contribution in [3.8, 4) is 27.6 Å². The standard InChI is InChI=1S/C26H25Cl3N4S/c1-15(17-6-4-3-5-7-17)25-30-31-26(34-25)23-16(2)24(18-8-10-19(27)11-9-18)33(32-23)22-13-12-20(28)14-21(22)29/h8-15,17H,3-7H2,1-2H3. The van der Waals surface area contributed by atoms with Gasteiger partial charge in [0.1, 0.15) is 10.7 Å². The molecule has 8 heteroatoms. The van der Waals surface area contributed by atoms with Gasteiger partial charge in [-0.1, -0.05) is 84.5 Å². The number of rotatable bonds is 5. The second-order valence-electron chi connectivity index (χ2n) is 8.97. The summed E-state index contributed by atoms with van der Waals surface area (Å²) in [5.41, 5.74) is 4.52. The fraction of sp³-hybridized carbons (Fsp3) is 0.346. The summed E-state index contributed by atoms with van der Waals surface area (Å²) in [7, 11) is 0. The lowest BCUT2D eigenvalue weighted by Gasteiger charge is -2.25. The molecule has 1 unspecified atom stereocenters. The fourth-order valence-corrected chi connectivity index (χ4v) is 6.47. The minimum atomic E-state index is 0.412. The highest BCUT2D eigenvalue weighted by Gasteiger charge is 2.27. The van der Waals surface area contributed by atoms with Gasteiger partial charge in [-0.3, -0.25) is 0 Å². The van der Waals surface area contributed by atoms with Crippen LogP contribution in [0.5, 0.6) is 0 Å². The lowest BCUT2D eigenvalue weighted by atomic mass is 9.81. The average molecular weight is 532 g/mol. The zero-order valence-electron chi connectivity index (χ0n) is 19.1. The first-order valence-corrected chi connectivity index (χ1v) is 13.5. The van der Waals surface area contributed by atoms with E-state index in [1.165, 1.54) is 32.1 Å². The molecule has 1 fully saturated rings. The minimum absolute atomic E-state index is 0.412. The second kappa shape index (κ2) is 9.98. The Hall–Kier alpha value is -1.92. The SMILES string of the molecule is Cc1c(-c2nnc(C(C)C3CCCCC3)s2)nn(-c2ccc(Cl)cc2Cl)c1-c1ccc(Cl)cc1. The number of hydrogen-bond donors (Lipinski definition) is 0. The van der Waals surface area contributed by atoms with Crippen LogP contribution in [0.15, 0.2) is 42.5 Å². The molecule has 176 valence electrons. The molecule has 34 heavy (non-hydrogen) atoms. The highest BCUT2D eigenvalue weighted by Crippen LogP contribution is 2.41. The van der Waals surface area contributed by atoms with E-state index < -0.39 is 0 Å². The summed E-state index contributed by atoms with van der Waals surface area (Å²) < 4.78 is 1.87. The second-order valence-corrected chi connectivity index (χ2v) is 11.3. The van der Waals surface area contributed by atoms with Gasteiger partial charge in [-0.05, 0) is 56.0 Å². The van der Waals surface area contributed by atoms with Crippen LogP contribution in [0.4, 0.5) is 0 Å². The monoisotopic (exact) mass is 530 g/mol. The number of halogens is 3. The van der Waals surface area contributed by atoms with Crippen molar-refractivity contribution in [1.29, 1.82) is 0 Å². The van der Waals surface area contributed by atoms with Crippen molar-refractivity contribution < 1.29 is 0 Å². The van der Waals surface area contributed by atoms with Gasteiger partial charge in [0.2, 0.25) is 0 Å². The highest BCUT2D eigenvalue weighted by molar-refractivity contribution is 7.14. The summed E-state index contributed by atoms with van der Waals surface area (Å²) in [5, 5.41) is 17.9. The van der Waals surface area contributed by atoms with Crippen LogP contribution in [0.3, 0.4) is 0 Å². The van der Waals surface area contributed by atoms with Gasteiger partial charge in [-0.25, -0.2) is 4.68 Å². The molecule has 0 aliphatic heterocycles. The van der Waals surface area contributed by atoms with Gasteiger partial charge in [-0.15, -0.1) is 10.2 Å². The zero-order chi connectivity index (χ0) is 23.8. The first-order valence-electron chi connectivity index (χ1n) is 11.6. The third kappa shape index (κ3) is 4.64. The summed E-state index contributed by atoms with van der Waals surface area (Å²) in [6.07, 6.45) is 6.54. The third-order valence-electron chi connectivity index (χ3n) is 6.77. The fourth-order valence-electron chi connectivity index (χ4n) is 4.82. The molecule has 4 aromatic rings. The Labute approximate surface area is 218 Å². The summed E-state index contributed by atoms with van der Waals surface area (Å²) in [4.78, 5) is 0. The maximum atomic E-state index is 6.60. The smallest absolute Gasteiger partial charge is 0.168 e. The Bertz CT molecular complexity index is 1310. The van der Waals surface area contributed by atoms with Crippen LogP contribution >= 0.6 is 46.1 Å². The number of aromatic nitrogens is 4. The van der Waals surface area contributed by atoms with Crippen LogP contribution in [-0.4, -0.2) is 20.0 Å². The molecule has 2 aromatic carbocycles. The van der Waals surface area contributed by atoms with Crippen LogP contribution in [0, 0.1) is 12.8 Å². The van der Waals surface area contributed by atoms with Gasteiger partial charge in [0, 0.05) is 27.1 Å². The molecule has 4 nitrogen and oxygen atoms in total. The van der Waals surface area contributed by atoms with Gasteiger partial charge >= 0.3 is 0 Å². The van der Waals surface area contributed by atoms with E-state index in [9.17, 15) is 0 Å². The molecule has 2 heterocycles. The maximum absolute atomic E-state index is 6.60. The molecule has 0 N–H and O–H groups in total. The molecule has 1 atom stereocenters. The molecule has 2 aromatic heterocycles. The molecule has 0 amide bonds. The Morgan fingerprint density at radius 3 is 2.35 bits per heavy atom. The largest absolute Gasteiger partial charge is 0.231 e. The Balaban J connectivity index is 1.60. The summed E-state index contributed by atoms with van der Waals surface area (Å²) in [6.45, 7) is 4.36. The first-order chi connectivity index (χ1) is 16.4. The van der Waals surface area contributed by atoms with Crippen molar-refractivity contribution in [2.75, 3.05) is 0 Å². The summed E-state index contributed by atoms with van der Waals surface area (Å²) >= 11 is 20.6. The molecule has 0 radical (unpaired) electrons. The van der Waals surface area contributed by atoms with E-state index in [1.54, 1.807) is 17.4 Å². The quantitative estimate of drug-likeness (QED) is 0.258. The van der Waals surface area contributed by atoms with E-state index in [0.29, 0.717) is 26.9 Å². The van der Waals surface area contributed by atoms with Crippen LogP contribution in [0.2, 0.25) is 15.1 Å². The van der Waals surface area contributed by atoms with Crippen LogP contribution in [-0.2, 0) is 0 Å². The number of nitrogens with zero attached hydrogens (tertiary/aromatic N) is 4. The lowest BCUT2D eigenvalue weighted by Crippen LogP contribution is -2.13. The molecule has 1 aliphatic carbocycles. The molecule has 0 saturated heterocycles. The highest BCUT2D eigenvalue weighted by atomic mass is 35.5. The van der Waals surface area contributed by atoms with Crippen LogP contribution < -0.4 is 0 Å². The molecular formula is C26H25Cl3N4S. The Kier molecular flexibility index (Phi) is 6.99. The van der Waals surface area contributed by atoms with Crippen LogP contribution in [0.1, 0.15) is 55.5 Å².